The monoisotopic (exact) mass is 231 g/mol. The van der Waals surface area contributed by atoms with Crippen molar-refractivity contribution in [2.45, 2.75) is 25.9 Å². The van der Waals surface area contributed by atoms with Crippen molar-refractivity contribution >= 4 is 0 Å². The van der Waals surface area contributed by atoms with Gasteiger partial charge in [0.25, 0.3) is 0 Å². The topological polar surface area (TPSA) is 49.1 Å². The van der Waals surface area contributed by atoms with E-state index >= 15 is 0 Å². The van der Waals surface area contributed by atoms with Gasteiger partial charge in [-0.3, -0.25) is 0 Å². The van der Waals surface area contributed by atoms with Crippen molar-refractivity contribution < 1.29 is 4.74 Å². The SMILES string of the molecule is Cc1ccnc(OC2CCN(C)CC2)c1C#N. The molecule has 0 amide bonds. The van der Waals surface area contributed by atoms with Gasteiger partial charge in [0.2, 0.25) is 5.88 Å². The molecule has 0 unspecified atom stereocenters. The molecule has 2 rings (SSSR count). The molecule has 0 spiro atoms. The molecule has 0 atom stereocenters. The number of aryl methyl sites for hydroxylation is 1. The van der Waals surface area contributed by atoms with Crippen LogP contribution in [-0.4, -0.2) is 36.1 Å². The summed E-state index contributed by atoms with van der Waals surface area (Å²) in [6, 6.07) is 4.00. The van der Waals surface area contributed by atoms with Crippen molar-refractivity contribution in [1.82, 2.24) is 9.88 Å². The Bertz CT molecular complexity index is 431. The fourth-order valence-corrected chi connectivity index (χ4v) is 2.02. The van der Waals surface area contributed by atoms with Gasteiger partial charge >= 0.3 is 0 Å². The normalized spacial score (nSPS) is 17.7. The van der Waals surface area contributed by atoms with Crippen LogP contribution in [0.2, 0.25) is 0 Å². The van der Waals surface area contributed by atoms with Gasteiger partial charge in [-0.15, -0.1) is 0 Å². The molecular weight excluding hydrogens is 214 g/mol. The van der Waals surface area contributed by atoms with E-state index in [2.05, 4.69) is 23.0 Å². The fraction of sp³-hybridized carbons (Fsp3) is 0.538. The van der Waals surface area contributed by atoms with Crippen LogP contribution in [-0.2, 0) is 0 Å². The van der Waals surface area contributed by atoms with E-state index in [4.69, 9.17) is 10.00 Å². The molecule has 0 radical (unpaired) electrons. The Kier molecular flexibility index (Phi) is 3.60. The van der Waals surface area contributed by atoms with E-state index in [1.807, 2.05) is 13.0 Å². The third-order valence-electron chi connectivity index (χ3n) is 3.18. The Labute approximate surface area is 102 Å². The number of nitrogens with zero attached hydrogens (tertiary/aromatic N) is 3. The molecule has 1 saturated heterocycles. The molecule has 90 valence electrons. The summed E-state index contributed by atoms with van der Waals surface area (Å²) >= 11 is 0. The predicted octanol–water partition coefficient (Wildman–Crippen LogP) is 1.73. The number of pyridine rings is 1. The van der Waals surface area contributed by atoms with E-state index in [-0.39, 0.29) is 6.10 Å². The van der Waals surface area contributed by atoms with Crippen LogP contribution in [0.3, 0.4) is 0 Å². The maximum Gasteiger partial charge on any atom is 0.232 e. The van der Waals surface area contributed by atoms with Gasteiger partial charge < -0.3 is 9.64 Å². The number of piperidine rings is 1. The minimum Gasteiger partial charge on any atom is -0.473 e. The maximum atomic E-state index is 9.09. The molecule has 1 fully saturated rings. The van der Waals surface area contributed by atoms with Gasteiger partial charge in [-0.25, -0.2) is 4.98 Å². The third-order valence-corrected chi connectivity index (χ3v) is 3.18. The van der Waals surface area contributed by atoms with E-state index in [0.29, 0.717) is 11.4 Å². The zero-order chi connectivity index (χ0) is 12.3. The zero-order valence-electron chi connectivity index (χ0n) is 10.3. The average molecular weight is 231 g/mol. The minimum absolute atomic E-state index is 0.188. The highest BCUT2D eigenvalue weighted by Gasteiger charge is 2.20. The smallest absolute Gasteiger partial charge is 0.232 e. The van der Waals surface area contributed by atoms with Gasteiger partial charge in [-0.2, -0.15) is 5.26 Å². The van der Waals surface area contributed by atoms with Crippen molar-refractivity contribution in [3.05, 3.63) is 23.4 Å². The van der Waals surface area contributed by atoms with Crippen molar-refractivity contribution in [3.63, 3.8) is 0 Å². The van der Waals surface area contributed by atoms with Gasteiger partial charge in [0.05, 0.1) is 0 Å². The van der Waals surface area contributed by atoms with E-state index in [0.717, 1.165) is 31.5 Å². The first-order valence-electron chi connectivity index (χ1n) is 5.91. The maximum absolute atomic E-state index is 9.09. The van der Waals surface area contributed by atoms with Crippen LogP contribution in [0, 0.1) is 18.3 Å². The second-order valence-corrected chi connectivity index (χ2v) is 4.54. The van der Waals surface area contributed by atoms with Crippen LogP contribution >= 0.6 is 0 Å². The van der Waals surface area contributed by atoms with E-state index < -0.39 is 0 Å². The third kappa shape index (κ3) is 2.75. The molecule has 2 heterocycles. The van der Waals surface area contributed by atoms with Crippen molar-refractivity contribution in [3.8, 4) is 11.9 Å². The van der Waals surface area contributed by atoms with Gasteiger partial charge in [0.1, 0.15) is 17.7 Å². The van der Waals surface area contributed by atoms with Crippen LogP contribution in [0.4, 0.5) is 0 Å². The van der Waals surface area contributed by atoms with Crippen molar-refractivity contribution in [1.29, 1.82) is 5.26 Å². The molecule has 4 nitrogen and oxygen atoms in total. The van der Waals surface area contributed by atoms with Gasteiger partial charge in [0.15, 0.2) is 0 Å². The lowest BCUT2D eigenvalue weighted by molar-refractivity contribution is 0.109. The molecule has 1 aliphatic heterocycles. The van der Waals surface area contributed by atoms with Crippen LogP contribution in [0.25, 0.3) is 0 Å². The Morgan fingerprint density at radius 1 is 1.47 bits per heavy atom. The second-order valence-electron chi connectivity index (χ2n) is 4.54. The second kappa shape index (κ2) is 5.15. The van der Waals surface area contributed by atoms with Gasteiger partial charge in [0, 0.05) is 19.3 Å². The fourth-order valence-electron chi connectivity index (χ4n) is 2.02. The molecule has 1 aromatic rings. The molecule has 0 bridgehead atoms. The van der Waals surface area contributed by atoms with Crippen LogP contribution in [0.5, 0.6) is 5.88 Å². The van der Waals surface area contributed by atoms with Crippen molar-refractivity contribution in [2.24, 2.45) is 0 Å². The average Bonchev–Trinajstić information content (AvgIpc) is 2.32. The summed E-state index contributed by atoms with van der Waals surface area (Å²) in [4.78, 5) is 6.45. The first-order valence-corrected chi connectivity index (χ1v) is 5.91. The molecular formula is C13H17N3O. The Hall–Kier alpha value is -1.60. The highest BCUT2D eigenvalue weighted by atomic mass is 16.5. The Morgan fingerprint density at radius 3 is 2.82 bits per heavy atom. The number of likely N-dealkylation sites (tertiary alicyclic amines) is 1. The lowest BCUT2D eigenvalue weighted by Crippen LogP contribution is -2.35. The van der Waals surface area contributed by atoms with E-state index in [9.17, 15) is 0 Å². The van der Waals surface area contributed by atoms with Crippen LogP contribution in [0.1, 0.15) is 24.0 Å². The number of ether oxygens (including phenoxy) is 1. The van der Waals surface area contributed by atoms with Gasteiger partial charge in [-0.1, -0.05) is 0 Å². The number of rotatable bonds is 2. The molecule has 17 heavy (non-hydrogen) atoms. The van der Waals surface area contributed by atoms with Crippen molar-refractivity contribution in [2.75, 3.05) is 20.1 Å². The van der Waals surface area contributed by atoms with Crippen LogP contribution in [0.15, 0.2) is 12.3 Å². The van der Waals surface area contributed by atoms with E-state index in [1.54, 1.807) is 6.20 Å². The van der Waals surface area contributed by atoms with Crippen LogP contribution < -0.4 is 4.74 Å². The van der Waals surface area contributed by atoms with Gasteiger partial charge in [-0.05, 0) is 38.4 Å². The highest BCUT2D eigenvalue weighted by molar-refractivity contribution is 5.43. The number of hydrogen-bond donors (Lipinski definition) is 0. The van der Waals surface area contributed by atoms with E-state index in [1.165, 1.54) is 0 Å². The first kappa shape index (κ1) is 11.9. The molecule has 0 saturated carbocycles. The molecule has 1 aliphatic rings. The largest absolute Gasteiger partial charge is 0.473 e. The molecule has 0 N–H and O–H groups in total. The predicted molar refractivity (Wildman–Crippen MR) is 64.8 cm³/mol. The standard InChI is InChI=1S/C13H17N3O/c1-10-3-6-15-13(12(10)9-14)17-11-4-7-16(2)8-5-11/h3,6,11H,4-5,7-8H2,1-2H3. The summed E-state index contributed by atoms with van der Waals surface area (Å²) in [5.74, 6) is 0.488. The molecule has 0 aromatic carbocycles. The summed E-state index contributed by atoms with van der Waals surface area (Å²) in [5, 5.41) is 9.09. The highest BCUT2D eigenvalue weighted by Crippen LogP contribution is 2.22. The lowest BCUT2D eigenvalue weighted by Gasteiger charge is -2.29. The zero-order valence-corrected chi connectivity index (χ0v) is 10.3. The summed E-state index contributed by atoms with van der Waals surface area (Å²) < 4.78 is 5.85. The Morgan fingerprint density at radius 2 is 2.18 bits per heavy atom. The first-order chi connectivity index (χ1) is 8.20. The molecule has 0 aliphatic carbocycles. The quantitative estimate of drug-likeness (QED) is 0.778. The number of hydrogen-bond acceptors (Lipinski definition) is 4. The number of nitriles is 1. The summed E-state index contributed by atoms with van der Waals surface area (Å²) in [6.07, 6.45) is 3.88. The summed E-state index contributed by atoms with van der Waals surface area (Å²) in [6.45, 7) is 3.98. The minimum atomic E-state index is 0.188. The lowest BCUT2D eigenvalue weighted by atomic mass is 10.1. The molecule has 1 aromatic heterocycles. The summed E-state index contributed by atoms with van der Waals surface area (Å²) in [5.41, 5.74) is 1.48. The summed E-state index contributed by atoms with van der Waals surface area (Å²) in [7, 11) is 2.11. The number of aromatic nitrogens is 1. The Balaban J connectivity index is 2.09. The molecule has 4 heteroatoms.